The topological polar surface area (TPSA) is 245 Å². The Hall–Kier alpha value is -12.4. The molecule has 6 aliphatic heterocycles. The third-order valence-electron chi connectivity index (χ3n) is 24.6. The summed E-state index contributed by atoms with van der Waals surface area (Å²) in [7, 11) is 1.54. The van der Waals surface area contributed by atoms with E-state index >= 15 is 0 Å². The minimum atomic E-state index is -4.80. The minimum Gasteiger partial charge on any atom is -0.496 e. The highest BCUT2D eigenvalue weighted by atomic mass is 35.5. The van der Waals surface area contributed by atoms with Crippen molar-refractivity contribution in [2.24, 2.45) is 34.4 Å². The van der Waals surface area contributed by atoms with Gasteiger partial charge in [0.25, 0.3) is 0 Å². The van der Waals surface area contributed by atoms with Gasteiger partial charge in [-0.1, -0.05) is 158 Å². The van der Waals surface area contributed by atoms with Crippen molar-refractivity contribution in [2.75, 3.05) is 46.4 Å². The van der Waals surface area contributed by atoms with Crippen molar-refractivity contribution >= 4 is 11.6 Å². The molecule has 6 atom stereocenters. The number of methoxy groups -OCH3 is 1. The molecule has 12 N–H and O–H groups in total. The summed E-state index contributed by atoms with van der Waals surface area (Å²) < 4.78 is 268. The summed E-state index contributed by atoms with van der Waals surface area (Å²) in [5.41, 5.74) is 41.7. The molecule has 6 heterocycles. The molecule has 0 unspecified atom stereocenters. The first-order chi connectivity index (χ1) is 65.8. The van der Waals surface area contributed by atoms with Crippen LogP contribution in [0.1, 0.15) is 123 Å². The van der Waals surface area contributed by atoms with Gasteiger partial charge in [-0.05, 0) is 236 Å². The number of halogens is 18. The van der Waals surface area contributed by atoms with Crippen molar-refractivity contribution in [3.8, 4) is 113 Å². The summed E-state index contributed by atoms with van der Waals surface area (Å²) in [6.07, 6.45) is -13.7. The Morgan fingerprint density at radius 2 is 0.667 bits per heavy atom. The number of fused-ring (bicyclic) bond motifs is 6. The quantitative estimate of drug-likeness (QED) is 0.0555. The van der Waals surface area contributed by atoms with Gasteiger partial charge >= 0.3 is 30.9 Å². The molecule has 0 bridgehead atoms. The highest BCUT2D eigenvalue weighted by molar-refractivity contribution is 6.30. The maximum Gasteiger partial charge on any atom is 0.417 e. The highest BCUT2D eigenvalue weighted by Crippen LogP contribution is 2.52. The normalized spacial score (nSPS) is 17.3. The van der Waals surface area contributed by atoms with Gasteiger partial charge in [-0.2, -0.15) is 71.1 Å². The van der Waals surface area contributed by atoms with Crippen LogP contribution >= 0.6 is 11.6 Å². The van der Waals surface area contributed by atoms with Gasteiger partial charge in [-0.3, -0.25) is 0 Å². The van der Waals surface area contributed by atoms with Crippen LogP contribution in [-0.4, -0.2) is 83.0 Å². The molecule has 18 rings (SSSR count). The van der Waals surface area contributed by atoms with Gasteiger partial charge in [0.2, 0.25) is 0 Å². The Labute approximate surface area is 792 Å². The number of para-hydroxylation sites is 6. The Kier molecular flexibility index (Phi) is 33.3. The fraction of sp³-hybridized carbons (Fsp3) is 0.311. The first-order valence-corrected chi connectivity index (χ1v) is 45.2. The maximum atomic E-state index is 14.3. The molecule has 0 fully saturated rings. The van der Waals surface area contributed by atoms with Gasteiger partial charge < -0.3 is 67.6 Å². The Bertz CT molecular complexity index is 6230. The zero-order chi connectivity index (χ0) is 99.3. The lowest BCUT2D eigenvalue weighted by atomic mass is 9.90. The van der Waals surface area contributed by atoms with Crippen LogP contribution < -0.4 is 67.6 Å². The van der Waals surface area contributed by atoms with Gasteiger partial charge in [-0.15, -0.1) is 0 Å². The molecule has 0 radical (unpaired) electrons. The predicted molar refractivity (Wildman–Crippen MR) is 497 cm³/mol. The largest absolute Gasteiger partial charge is 0.496 e. The molecule has 14 nitrogen and oxygen atoms in total. The van der Waals surface area contributed by atoms with Crippen molar-refractivity contribution in [1.29, 1.82) is 5.26 Å². The van der Waals surface area contributed by atoms with Gasteiger partial charge in [-0.25, -0.2) is 8.78 Å². The molecule has 6 aliphatic rings. The molecule has 0 saturated heterocycles. The number of aryl methyl sites for hydroxylation is 8. The van der Waals surface area contributed by atoms with Crippen molar-refractivity contribution in [3.05, 3.63) is 313 Å². The first kappa shape index (κ1) is 103. The van der Waals surface area contributed by atoms with Crippen molar-refractivity contribution in [2.45, 2.75) is 165 Å². The summed E-state index contributed by atoms with van der Waals surface area (Å²) in [6, 6.07) is 56.5. The minimum absolute atomic E-state index is 0.0147. The Morgan fingerprint density at radius 3 is 1.02 bits per heavy atom. The monoisotopic (exact) mass is 1940 g/mol. The summed E-state index contributed by atoms with van der Waals surface area (Å²) in [5, 5.41) is 9.09. The molecule has 12 aromatic carbocycles. The molecule has 0 aliphatic carbocycles. The average Bonchev–Trinajstić information content (AvgIpc) is 0.770. The number of nitrogens with zero attached hydrogens (tertiary/aromatic N) is 1. The lowest BCUT2D eigenvalue weighted by Gasteiger charge is -2.28. The van der Waals surface area contributed by atoms with Crippen LogP contribution in [0.2, 0.25) is 5.02 Å². The zero-order valence-electron chi connectivity index (χ0n) is 75.3. The van der Waals surface area contributed by atoms with E-state index in [0.29, 0.717) is 122 Å². The zero-order valence-corrected chi connectivity index (χ0v) is 76.0. The third kappa shape index (κ3) is 24.1. The second-order valence-corrected chi connectivity index (χ2v) is 34.1. The predicted octanol–water partition coefficient (Wildman–Crippen LogP) is 24.8. The van der Waals surface area contributed by atoms with Crippen LogP contribution in [0.4, 0.5) is 74.6 Å². The molecular weight excluding hydrogens is 1840 g/mol. The number of hydrogen-bond acceptors (Lipinski definition) is 14. The fourth-order valence-corrected chi connectivity index (χ4v) is 17.8. The van der Waals surface area contributed by atoms with E-state index in [1.165, 1.54) is 83.5 Å². The molecule has 0 aromatic heterocycles. The van der Waals surface area contributed by atoms with Crippen LogP contribution in [0.15, 0.2) is 218 Å². The summed E-state index contributed by atoms with van der Waals surface area (Å²) in [5.74, 6) is 2.68. The van der Waals surface area contributed by atoms with Crippen LogP contribution in [0.25, 0.3) is 66.8 Å². The van der Waals surface area contributed by atoms with E-state index in [1.807, 2.05) is 36.4 Å². The van der Waals surface area contributed by atoms with E-state index in [9.17, 15) is 74.6 Å². The van der Waals surface area contributed by atoms with Gasteiger partial charge in [0.1, 0.15) is 88.5 Å². The van der Waals surface area contributed by atoms with Crippen LogP contribution in [0.3, 0.4) is 0 Å². The number of ether oxygens (including phenoxy) is 7. The van der Waals surface area contributed by atoms with Gasteiger partial charge in [0, 0.05) is 83.2 Å². The van der Waals surface area contributed by atoms with E-state index < -0.39 is 70.1 Å². The molecule has 12 aromatic rings. The van der Waals surface area contributed by atoms with E-state index in [-0.39, 0.29) is 99.7 Å². The lowest BCUT2D eigenvalue weighted by Crippen LogP contribution is -2.30. The van der Waals surface area contributed by atoms with E-state index in [4.69, 9.17) is 84.4 Å². The van der Waals surface area contributed by atoms with Crippen LogP contribution in [0, 0.1) is 29.9 Å². The number of nitriles is 1. The van der Waals surface area contributed by atoms with E-state index in [1.54, 1.807) is 54.6 Å². The first-order valence-electron chi connectivity index (χ1n) is 44.8. The van der Waals surface area contributed by atoms with Crippen molar-refractivity contribution < 1.29 is 108 Å². The molecule has 32 heteroatoms. The highest BCUT2D eigenvalue weighted by Gasteiger charge is 2.42. The summed E-state index contributed by atoms with van der Waals surface area (Å²) >= 11 is 5.75. The fourth-order valence-electron chi connectivity index (χ4n) is 17.6. The number of nitrogens with two attached hydrogens (primary N) is 6. The Morgan fingerprint density at radius 1 is 0.341 bits per heavy atom. The lowest BCUT2D eigenvalue weighted by molar-refractivity contribution is -0.141. The molecule has 0 amide bonds. The average molecular weight is 1940 g/mol. The molecular formula is C106H101ClF17N7O7. The summed E-state index contributed by atoms with van der Waals surface area (Å²) in [4.78, 5) is 0. The smallest absolute Gasteiger partial charge is 0.417 e. The van der Waals surface area contributed by atoms with Crippen LogP contribution in [-0.2, 0) is 75.8 Å². The SMILES string of the molecule is CCc1cccc(C)c1-c1cccc2c1O[C@@H](CN)CC2.COc1cccc(F)c1-c1cccc2c1O[C@@H](CN)CC2.N#Cc1ccc(C(F)(F)F)c(-c2cccc3c2O[C@@H](CN)CC3)c1.NC[C@H]1CCc2cccc(-c3cc(C(F)(F)F)ccc3C(F)(F)F)c2O1.NC[C@H]1CCc2cccc(-c3cc(F)ccc3C(F)(F)F)c2O1.NC[C@H]1CCc2cccc(-c3ccc(Cl)cc3C(F)(F)F)c2O1. The van der Waals surface area contributed by atoms with E-state index in [2.05, 4.69) is 50.2 Å². The van der Waals surface area contributed by atoms with Gasteiger partial charge in [0.05, 0.1) is 52.1 Å². The maximum absolute atomic E-state index is 14.3. The Balaban J connectivity index is 0.000000140. The van der Waals surface area contributed by atoms with Crippen molar-refractivity contribution in [1.82, 2.24) is 0 Å². The van der Waals surface area contributed by atoms with Crippen molar-refractivity contribution in [3.63, 3.8) is 0 Å². The van der Waals surface area contributed by atoms with E-state index in [0.717, 1.165) is 121 Å². The standard InChI is InChI=1S/C19H23NO.C18H15F6NO.C18H15F3N2O.C17H15ClF3NO.C17H15F4NO.C17H18FNO2/c1-3-14-7-4-6-13(2)18(14)17-9-5-8-15-10-11-16(12-20)21-19(15)17;19-17(20,21)11-5-7-15(18(22,23)24)14(8-11)13-3-1-2-10-4-6-12(9-25)26-16(10)13;19-18(20,21)16-7-4-11(9-22)8-15(16)14-3-1-2-12-5-6-13(10-23)24-17(12)14;18-11-5-7-13(15(8-11)17(19,20)21)14-3-1-2-10-4-6-12(9-22)23-16(10)14;18-11-5-7-15(17(19,20)21)14(8-11)13-3-1-2-10-4-6-12(9-22)23-16(10)13;1-20-15-7-3-6-14(18)16(15)13-5-2-4-11-8-9-12(10-19)21-17(11)13/h4-9,16H,3,10-12,20H2,1-2H3;1-3,5,7-8,12H,4,6,9,25H2;1-4,7-8,13H,5-6,10,23H2;2*1-3,5,7-8,12H,4,6,9,22H2;2-7,12H,8-10,19H2,1H3/t16-;12-;13-;3*12-/m111111/s1. The van der Waals surface area contributed by atoms with Gasteiger partial charge in [0.15, 0.2) is 0 Å². The summed E-state index contributed by atoms with van der Waals surface area (Å²) in [6.45, 7) is 6.52. The molecule has 0 spiro atoms. The second-order valence-electron chi connectivity index (χ2n) is 33.6. The molecule has 0 saturated carbocycles. The second kappa shape index (κ2) is 44.6. The van der Waals surface area contributed by atoms with Crippen LogP contribution in [0.5, 0.6) is 40.2 Å². The number of alkyl halides is 15. The molecule has 728 valence electrons. The third-order valence-corrected chi connectivity index (χ3v) is 24.8. The number of hydrogen-bond donors (Lipinski definition) is 6. The number of benzene rings is 12. The molecule has 138 heavy (non-hydrogen) atoms. The number of rotatable bonds is 14.